The minimum Gasteiger partial charge on any atom is -0.299 e. The molecular weight excluding hydrogens is 312 g/mol. The first-order valence-electron chi connectivity index (χ1n) is 6.97. The van der Waals surface area contributed by atoms with E-state index in [1.807, 2.05) is 0 Å². The molecule has 2 heterocycles. The molecule has 1 aromatic rings. The highest BCUT2D eigenvalue weighted by Gasteiger charge is 2.31. The third kappa shape index (κ3) is 3.78. The SMILES string of the molecule is CN(CC(=O)Nc1nnc(C2CC2)s1)[C@H]1CCS(=O)(=O)C1. The smallest absolute Gasteiger partial charge is 0.240 e. The van der Waals surface area contributed by atoms with Gasteiger partial charge in [-0.1, -0.05) is 11.3 Å². The summed E-state index contributed by atoms with van der Waals surface area (Å²) in [5, 5.41) is 12.3. The maximum Gasteiger partial charge on any atom is 0.240 e. The monoisotopic (exact) mass is 330 g/mol. The number of carbonyl (C=O) groups is 1. The lowest BCUT2D eigenvalue weighted by Crippen LogP contribution is -2.38. The van der Waals surface area contributed by atoms with Gasteiger partial charge in [-0.15, -0.1) is 10.2 Å². The summed E-state index contributed by atoms with van der Waals surface area (Å²) in [5.41, 5.74) is 0. The quantitative estimate of drug-likeness (QED) is 0.844. The van der Waals surface area contributed by atoms with E-state index < -0.39 is 9.84 Å². The molecule has 0 aromatic carbocycles. The van der Waals surface area contributed by atoms with Crippen molar-refractivity contribution < 1.29 is 13.2 Å². The molecule has 3 rings (SSSR count). The summed E-state index contributed by atoms with van der Waals surface area (Å²) in [4.78, 5) is 13.8. The van der Waals surface area contributed by atoms with Crippen molar-refractivity contribution in [2.45, 2.75) is 31.2 Å². The van der Waals surface area contributed by atoms with Crippen LogP contribution in [0.15, 0.2) is 0 Å². The van der Waals surface area contributed by atoms with Gasteiger partial charge >= 0.3 is 0 Å². The average molecular weight is 330 g/mol. The number of anilines is 1. The van der Waals surface area contributed by atoms with Crippen LogP contribution in [-0.2, 0) is 14.6 Å². The van der Waals surface area contributed by atoms with Crippen molar-refractivity contribution in [2.24, 2.45) is 0 Å². The second-order valence-corrected chi connectivity index (χ2v) is 8.98. The van der Waals surface area contributed by atoms with Crippen molar-refractivity contribution in [2.75, 3.05) is 30.4 Å². The molecule has 1 aliphatic heterocycles. The molecule has 2 aliphatic rings. The number of nitrogens with zero attached hydrogens (tertiary/aromatic N) is 3. The minimum absolute atomic E-state index is 0.0720. The maximum absolute atomic E-state index is 12.0. The Hall–Kier alpha value is -1.06. The summed E-state index contributed by atoms with van der Waals surface area (Å²) in [6.07, 6.45) is 2.90. The predicted molar refractivity (Wildman–Crippen MR) is 80.2 cm³/mol. The number of carbonyl (C=O) groups excluding carboxylic acids is 1. The van der Waals surface area contributed by atoms with Crippen LogP contribution in [0.4, 0.5) is 5.13 Å². The number of nitrogens with one attached hydrogen (secondary N) is 1. The first kappa shape index (κ1) is 14.9. The van der Waals surface area contributed by atoms with Crippen molar-refractivity contribution >= 4 is 32.2 Å². The number of likely N-dealkylation sites (N-methyl/N-ethyl adjacent to an activating group) is 1. The van der Waals surface area contributed by atoms with Crippen molar-refractivity contribution in [3.8, 4) is 0 Å². The molecular formula is C12H18N4O3S2. The Morgan fingerprint density at radius 3 is 2.76 bits per heavy atom. The highest BCUT2D eigenvalue weighted by molar-refractivity contribution is 7.91. The Labute approximate surface area is 127 Å². The van der Waals surface area contributed by atoms with Gasteiger partial charge in [0.1, 0.15) is 5.01 Å². The molecule has 0 radical (unpaired) electrons. The second kappa shape index (κ2) is 5.62. The molecule has 0 bridgehead atoms. The van der Waals surface area contributed by atoms with E-state index in [-0.39, 0.29) is 30.0 Å². The van der Waals surface area contributed by atoms with E-state index in [1.165, 1.54) is 11.3 Å². The van der Waals surface area contributed by atoms with Gasteiger partial charge < -0.3 is 0 Å². The second-order valence-electron chi connectivity index (χ2n) is 5.74. The molecule has 1 aromatic heterocycles. The van der Waals surface area contributed by atoms with E-state index in [0.717, 1.165) is 17.8 Å². The first-order chi connectivity index (χ1) is 9.93. The number of hydrogen-bond acceptors (Lipinski definition) is 7. The van der Waals surface area contributed by atoms with Crippen LogP contribution in [0.2, 0.25) is 0 Å². The van der Waals surface area contributed by atoms with Gasteiger partial charge in [-0.05, 0) is 26.3 Å². The molecule has 0 spiro atoms. The molecule has 7 nitrogen and oxygen atoms in total. The topological polar surface area (TPSA) is 92.3 Å². The Kier molecular flexibility index (Phi) is 3.98. The summed E-state index contributed by atoms with van der Waals surface area (Å²) in [5.74, 6) is 0.700. The molecule has 2 fully saturated rings. The molecule has 1 amide bonds. The summed E-state index contributed by atoms with van der Waals surface area (Å²) in [6, 6.07) is -0.0720. The van der Waals surface area contributed by atoms with Crippen LogP contribution in [0.5, 0.6) is 0 Å². The average Bonchev–Trinajstić information content (AvgIpc) is 3.04. The molecule has 21 heavy (non-hydrogen) atoms. The van der Waals surface area contributed by atoms with Crippen LogP contribution in [0, 0.1) is 0 Å². The number of aromatic nitrogens is 2. The van der Waals surface area contributed by atoms with Crippen molar-refractivity contribution in [3.63, 3.8) is 0 Å². The Bertz CT molecular complexity index is 639. The summed E-state index contributed by atoms with van der Waals surface area (Å²) >= 11 is 1.42. The molecule has 1 aliphatic carbocycles. The van der Waals surface area contributed by atoms with E-state index in [1.54, 1.807) is 11.9 Å². The zero-order valence-corrected chi connectivity index (χ0v) is 13.4. The van der Waals surface area contributed by atoms with E-state index in [0.29, 0.717) is 17.5 Å². The van der Waals surface area contributed by atoms with Gasteiger partial charge in [0, 0.05) is 12.0 Å². The number of sulfone groups is 1. The fraction of sp³-hybridized carbons (Fsp3) is 0.750. The molecule has 116 valence electrons. The normalized spacial score (nSPS) is 24.4. The lowest BCUT2D eigenvalue weighted by Gasteiger charge is -2.21. The summed E-state index contributed by atoms with van der Waals surface area (Å²) in [6.45, 7) is 0.165. The zero-order chi connectivity index (χ0) is 15.0. The Morgan fingerprint density at radius 1 is 1.38 bits per heavy atom. The van der Waals surface area contributed by atoms with Gasteiger partial charge in [-0.25, -0.2) is 8.42 Å². The largest absolute Gasteiger partial charge is 0.299 e. The van der Waals surface area contributed by atoms with Gasteiger partial charge in [0.05, 0.1) is 18.1 Å². The van der Waals surface area contributed by atoms with Gasteiger partial charge in [0.15, 0.2) is 9.84 Å². The van der Waals surface area contributed by atoms with Crippen molar-refractivity contribution in [1.29, 1.82) is 0 Å². The minimum atomic E-state index is -2.93. The van der Waals surface area contributed by atoms with E-state index >= 15 is 0 Å². The maximum atomic E-state index is 12.0. The molecule has 1 atom stereocenters. The molecule has 0 unspecified atom stereocenters. The molecule has 1 N–H and O–H groups in total. The van der Waals surface area contributed by atoms with Crippen LogP contribution in [-0.4, -0.2) is 60.6 Å². The summed E-state index contributed by atoms with van der Waals surface area (Å²) < 4.78 is 22.9. The van der Waals surface area contributed by atoms with Crippen molar-refractivity contribution in [1.82, 2.24) is 15.1 Å². The lowest BCUT2D eigenvalue weighted by atomic mass is 10.2. The van der Waals surface area contributed by atoms with Gasteiger partial charge in [0.2, 0.25) is 11.0 Å². The van der Waals surface area contributed by atoms with Crippen LogP contribution in [0.1, 0.15) is 30.2 Å². The Balaban J connectivity index is 1.51. The van der Waals surface area contributed by atoms with E-state index in [9.17, 15) is 13.2 Å². The molecule has 9 heteroatoms. The fourth-order valence-electron chi connectivity index (χ4n) is 2.42. The lowest BCUT2D eigenvalue weighted by molar-refractivity contribution is -0.117. The van der Waals surface area contributed by atoms with Crippen LogP contribution in [0.25, 0.3) is 0 Å². The molecule has 1 saturated carbocycles. The first-order valence-corrected chi connectivity index (χ1v) is 9.60. The van der Waals surface area contributed by atoms with Gasteiger partial charge in [0.25, 0.3) is 0 Å². The highest BCUT2D eigenvalue weighted by atomic mass is 32.2. The van der Waals surface area contributed by atoms with Crippen LogP contribution in [0.3, 0.4) is 0 Å². The Morgan fingerprint density at radius 2 is 2.14 bits per heavy atom. The zero-order valence-electron chi connectivity index (χ0n) is 11.8. The van der Waals surface area contributed by atoms with Gasteiger partial charge in [-0.3, -0.25) is 15.0 Å². The van der Waals surface area contributed by atoms with Crippen LogP contribution < -0.4 is 5.32 Å². The van der Waals surface area contributed by atoms with E-state index in [2.05, 4.69) is 15.5 Å². The van der Waals surface area contributed by atoms with Crippen molar-refractivity contribution in [3.05, 3.63) is 5.01 Å². The molecule has 1 saturated heterocycles. The predicted octanol–water partition coefficient (Wildman–Crippen LogP) is 0.473. The number of rotatable bonds is 5. The standard InChI is InChI=1S/C12H18N4O3S2/c1-16(9-4-5-21(18,19)7-9)6-10(17)13-12-15-14-11(20-12)8-2-3-8/h8-9H,2-7H2,1H3,(H,13,15,17)/t9-/m0/s1. The fourth-order valence-corrected chi connectivity index (χ4v) is 5.15. The number of hydrogen-bond donors (Lipinski definition) is 1. The third-order valence-electron chi connectivity index (χ3n) is 3.84. The van der Waals surface area contributed by atoms with E-state index in [4.69, 9.17) is 0 Å². The van der Waals surface area contributed by atoms with Crippen LogP contribution >= 0.6 is 11.3 Å². The third-order valence-corrected chi connectivity index (χ3v) is 6.59. The van der Waals surface area contributed by atoms with Gasteiger partial charge in [-0.2, -0.15) is 0 Å². The highest BCUT2D eigenvalue weighted by Crippen LogP contribution is 2.42. The summed E-state index contributed by atoms with van der Waals surface area (Å²) in [7, 11) is -1.15. The number of amides is 1.